The van der Waals surface area contributed by atoms with Crippen LogP contribution in [-0.4, -0.2) is 10.7 Å². The second kappa shape index (κ2) is 2.53. The first-order valence-corrected chi connectivity index (χ1v) is 4.17. The van der Waals surface area contributed by atoms with Crippen molar-refractivity contribution in [1.82, 2.24) is 0 Å². The van der Waals surface area contributed by atoms with Crippen LogP contribution in [0, 0.1) is 5.41 Å². The van der Waals surface area contributed by atoms with E-state index in [-0.39, 0.29) is 11.5 Å². The van der Waals surface area contributed by atoms with Gasteiger partial charge in [-0.15, -0.1) is 0 Å². The fourth-order valence-corrected chi connectivity index (χ4v) is 1.19. The second-order valence-corrected chi connectivity index (χ2v) is 4.55. The first-order chi connectivity index (χ1) is 4.50. The zero-order valence-electron chi connectivity index (χ0n) is 6.52. The molecule has 0 aromatic rings. The molecule has 3 heteroatoms. The zero-order chi connectivity index (χ0) is 7.78. The minimum absolute atomic E-state index is 0.193. The van der Waals surface area contributed by atoms with Crippen LogP contribution in [0.25, 0.3) is 0 Å². The molecule has 0 aliphatic carbocycles. The van der Waals surface area contributed by atoms with E-state index in [1.807, 2.05) is 0 Å². The highest BCUT2D eigenvalue weighted by Gasteiger charge is 2.31. The zero-order valence-corrected chi connectivity index (χ0v) is 8.10. The van der Waals surface area contributed by atoms with Crippen molar-refractivity contribution >= 4 is 20.6 Å². The maximum Gasteiger partial charge on any atom is 0.138 e. The monoisotopic (exact) mass is 205 g/mol. The van der Waals surface area contributed by atoms with Crippen LogP contribution >= 0.6 is 15.9 Å². The molecule has 0 spiro atoms. The Morgan fingerprint density at radius 2 is 2.20 bits per heavy atom. The average Bonchev–Trinajstić information content (AvgIpc) is 2.11. The van der Waals surface area contributed by atoms with Crippen molar-refractivity contribution in [3.05, 3.63) is 0 Å². The Kier molecular flexibility index (Phi) is 2.04. The quantitative estimate of drug-likeness (QED) is 0.596. The molecule has 1 heterocycles. The lowest BCUT2D eigenvalue weighted by Crippen LogP contribution is -2.25. The molecule has 0 radical (unpaired) electrons. The molecule has 0 N–H and O–H groups in total. The maximum absolute atomic E-state index is 5.17. The minimum Gasteiger partial charge on any atom is -0.391 e. The van der Waals surface area contributed by atoms with Crippen LogP contribution in [0.4, 0.5) is 0 Å². The van der Waals surface area contributed by atoms with Crippen molar-refractivity contribution in [1.29, 1.82) is 0 Å². The van der Waals surface area contributed by atoms with Crippen molar-refractivity contribution in [2.24, 2.45) is 10.6 Å². The summed E-state index contributed by atoms with van der Waals surface area (Å²) in [5, 5.41) is 3.82. The number of hydrogen-bond acceptors (Lipinski definition) is 2. The van der Waals surface area contributed by atoms with Gasteiger partial charge in [0.2, 0.25) is 0 Å². The highest BCUT2D eigenvalue weighted by atomic mass is 79.9. The van der Waals surface area contributed by atoms with Crippen LogP contribution in [-0.2, 0) is 4.84 Å². The van der Waals surface area contributed by atoms with Gasteiger partial charge in [-0.1, -0.05) is 25.9 Å². The minimum atomic E-state index is 0.193. The molecule has 1 atom stereocenters. The summed E-state index contributed by atoms with van der Waals surface area (Å²) in [5.74, 6) is 0. The Morgan fingerprint density at radius 3 is 2.40 bits per heavy atom. The predicted octanol–water partition coefficient (Wildman–Crippen LogP) is 2.53. The van der Waals surface area contributed by atoms with Crippen LogP contribution in [0.2, 0.25) is 0 Å². The van der Waals surface area contributed by atoms with Crippen molar-refractivity contribution in [2.75, 3.05) is 0 Å². The van der Waals surface area contributed by atoms with Crippen LogP contribution < -0.4 is 0 Å². The number of rotatable bonds is 0. The molecule has 0 aromatic heterocycles. The SMILES string of the molecule is CC(C)(C)C1CC(Br)=NO1. The predicted molar refractivity (Wildman–Crippen MR) is 45.3 cm³/mol. The van der Waals surface area contributed by atoms with Gasteiger partial charge in [0.25, 0.3) is 0 Å². The summed E-state index contributed by atoms with van der Waals surface area (Å²) in [6.45, 7) is 6.45. The average molecular weight is 206 g/mol. The van der Waals surface area contributed by atoms with Crippen molar-refractivity contribution in [2.45, 2.75) is 33.3 Å². The van der Waals surface area contributed by atoms with Gasteiger partial charge in [-0.05, 0) is 15.9 Å². The lowest BCUT2D eigenvalue weighted by molar-refractivity contribution is 0.00831. The van der Waals surface area contributed by atoms with Gasteiger partial charge in [0, 0.05) is 11.8 Å². The van der Waals surface area contributed by atoms with E-state index in [4.69, 9.17) is 4.84 Å². The van der Waals surface area contributed by atoms with Gasteiger partial charge in [0.15, 0.2) is 0 Å². The standard InChI is InChI=1S/C7H12BrNO/c1-7(2,3)5-4-6(8)9-10-5/h5H,4H2,1-3H3. The molecule has 10 heavy (non-hydrogen) atoms. The summed E-state index contributed by atoms with van der Waals surface area (Å²) in [4.78, 5) is 5.17. The van der Waals surface area contributed by atoms with Crippen molar-refractivity contribution in [3.63, 3.8) is 0 Å². The van der Waals surface area contributed by atoms with E-state index in [0.29, 0.717) is 0 Å². The highest BCUT2D eigenvalue weighted by Crippen LogP contribution is 2.29. The summed E-state index contributed by atoms with van der Waals surface area (Å²) in [5.41, 5.74) is 0.193. The summed E-state index contributed by atoms with van der Waals surface area (Å²) in [6, 6.07) is 0. The summed E-state index contributed by atoms with van der Waals surface area (Å²) < 4.78 is 0.924. The molecule has 0 fully saturated rings. The maximum atomic E-state index is 5.17. The van der Waals surface area contributed by atoms with Gasteiger partial charge in [-0.3, -0.25) is 0 Å². The molecule has 0 bridgehead atoms. The molecule has 1 unspecified atom stereocenters. The molecule has 0 saturated carbocycles. The van der Waals surface area contributed by atoms with Crippen molar-refractivity contribution < 1.29 is 4.84 Å². The van der Waals surface area contributed by atoms with Crippen molar-refractivity contribution in [3.8, 4) is 0 Å². The molecule has 1 aliphatic heterocycles. The smallest absolute Gasteiger partial charge is 0.138 e. The third-order valence-electron chi connectivity index (χ3n) is 1.60. The molecule has 0 saturated heterocycles. The fourth-order valence-electron chi connectivity index (χ4n) is 0.813. The summed E-state index contributed by atoms with van der Waals surface area (Å²) in [7, 11) is 0. The van der Waals surface area contributed by atoms with Crippen LogP contribution in [0.3, 0.4) is 0 Å². The van der Waals surface area contributed by atoms with Gasteiger partial charge in [-0.2, -0.15) is 0 Å². The van der Waals surface area contributed by atoms with E-state index in [2.05, 4.69) is 41.9 Å². The molecule has 0 aromatic carbocycles. The third kappa shape index (κ3) is 1.72. The van der Waals surface area contributed by atoms with E-state index >= 15 is 0 Å². The lowest BCUT2D eigenvalue weighted by Gasteiger charge is -2.23. The van der Waals surface area contributed by atoms with E-state index in [9.17, 15) is 0 Å². The Labute approximate surface area is 69.8 Å². The van der Waals surface area contributed by atoms with Gasteiger partial charge in [-0.25, -0.2) is 0 Å². The van der Waals surface area contributed by atoms with Gasteiger partial charge in [0.05, 0.1) is 0 Å². The molecule has 2 nitrogen and oxygen atoms in total. The number of hydrogen-bond donors (Lipinski definition) is 0. The highest BCUT2D eigenvalue weighted by molar-refractivity contribution is 9.18. The van der Waals surface area contributed by atoms with E-state index in [0.717, 1.165) is 11.0 Å². The molecule has 1 aliphatic rings. The van der Waals surface area contributed by atoms with E-state index < -0.39 is 0 Å². The number of oxime groups is 1. The molecule has 0 amide bonds. The van der Waals surface area contributed by atoms with Crippen LogP contribution in [0.5, 0.6) is 0 Å². The third-order valence-corrected chi connectivity index (χ3v) is 2.07. The fraction of sp³-hybridized carbons (Fsp3) is 0.857. The summed E-state index contributed by atoms with van der Waals surface area (Å²) in [6.07, 6.45) is 1.14. The Morgan fingerprint density at radius 1 is 1.60 bits per heavy atom. The summed E-state index contributed by atoms with van der Waals surface area (Å²) >= 11 is 3.30. The van der Waals surface area contributed by atoms with Crippen LogP contribution in [0.15, 0.2) is 5.16 Å². The molecular formula is C7H12BrNO. The Hall–Kier alpha value is -0.0500. The molecule has 1 rings (SSSR count). The van der Waals surface area contributed by atoms with Gasteiger partial charge < -0.3 is 4.84 Å². The van der Waals surface area contributed by atoms with Gasteiger partial charge in [0.1, 0.15) is 10.7 Å². The Balaban J connectivity index is 2.50. The first-order valence-electron chi connectivity index (χ1n) is 3.38. The van der Waals surface area contributed by atoms with Gasteiger partial charge >= 0.3 is 0 Å². The molecular weight excluding hydrogens is 194 g/mol. The number of nitrogens with zero attached hydrogens (tertiary/aromatic N) is 1. The first kappa shape index (κ1) is 8.05. The Bertz CT molecular complexity index is 159. The topological polar surface area (TPSA) is 21.6 Å². The van der Waals surface area contributed by atoms with E-state index in [1.165, 1.54) is 0 Å². The number of halogens is 1. The van der Waals surface area contributed by atoms with Crippen LogP contribution in [0.1, 0.15) is 27.2 Å². The normalized spacial score (nSPS) is 26.0. The van der Waals surface area contributed by atoms with E-state index in [1.54, 1.807) is 0 Å². The second-order valence-electron chi connectivity index (χ2n) is 3.63. The molecule has 58 valence electrons. The largest absolute Gasteiger partial charge is 0.391 e. The lowest BCUT2D eigenvalue weighted by atomic mass is 9.88.